The molecule has 0 aliphatic rings. The van der Waals surface area contributed by atoms with Crippen molar-refractivity contribution in [1.82, 2.24) is 5.32 Å². The van der Waals surface area contributed by atoms with Crippen LogP contribution in [0.25, 0.3) is 0 Å². The monoisotopic (exact) mass is 433 g/mol. The number of nitrogens with one attached hydrogen (secondary N) is 1. The average Bonchev–Trinajstić information content (AvgIpc) is 2.57. The molecule has 2 aromatic rings. The molecule has 0 heterocycles. The highest BCUT2D eigenvalue weighted by Gasteiger charge is 2.11. The number of ether oxygens (including phenoxy) is 2. The van der Waals surface area contributed by atoms with Gasteiger partial charge in [-0.05, 0) is 35.4 Å². The number of hydrogen-bond donors (Lipinski definition) is 2. The van der Waals surface area contributed by atoms with E-state index in [2.05, 4.69) is 21.2 Å². The van der Waals surface area contributed by atoms with E-state index >= 15 is 0 Å². The molecule has 0 fully saturated rings. The second-order valence-electron chi connectivity index (χ2n) is 5.03. The minimum Gasteiger partial charge on any atom is -0.493 e. The second-order valence-corrected chi connectivity index (χ2v) is 6.70. The highest BCUT2D eigenvalue weighted by molar-refractivity contribution is 9.10. The van der Waals surface area contributed by atoms with Gasteiger partial charge >= 0.3 is 0 Å². The molecule has 0 aromatic heterocycles. The number of benzene rings is 2. The quantitative estimate of drug-likeness (QED) is 0.603. The molecule has 0 amide bonds. The molecule has 130 valence electrons. The Kier molecular flexibility index (Phi) is 7.65. The van der Waals surface area contributed by atoms with Gasteiger partial charge in [-0.15, -0.1) is 0 Å². The summed E-state index contributed by atoms with van der Waals surface area (Å²) < 4.78 is 12.2. The number of hydrogen-bond acceptors (Lipinski definition) is 4. The standard InChI is InChI=1S/C17H18BrCl2NO3/c1-23-16-7-12(9-21-4-5-22)13(18)8-17(16)24-10-11-2-3-14(19)15(20)6-11/h2-3,6-8,21-22H,4-5,9-10H2,1H3. The van der Waals surface area contributed by atoms with Crippen LogP contribution < -0.4 is 14.8 Å². The maximum absolute atomic E-state index is 8.84. The lowest BCUT2D eigenvalue weighted by Gasteiger charge is -2.14. The molecule has 0 saturated carbocycles. The van der Waals surface area contributed by atoms with Crippen molar-refractivity contribution in [3.63, 3.8) is 0 Å². The van der Waals surface area contributed by atoms with Crippen molar-refractivity contribution >= 4 is 39.1 Å². The maximum atomic E-state index is 8.84. The molecule has 2 N–H and O–H groups in total. The third-order valence-electron chi connectivity index (χ3n) is 3.32. The summed E-state index contributed by atoms with van der Waals surface area (Å²) in [5.41, 5.74) is 1.93. The van der Waals surface area contributed by atoms with E-state index in [0.717, 1.165) is 15.6 Å². The van der Waals surface area contributed by atoms with Gasteiger partial charge in [-0.3, -0.25) is 0 Å². The van der Waals surface area contributed by atoms with Crippen molar-refractivity contribution in [2.24, 2.45) is 0 Å². The SMILES string of the molecule is COc1cc(CNCCO)c(Br)cc1OCc1ccc(Cl)c(Cl)c1. The molecule has 0 aliphatic heterocycles. The van der Waals surface area contributed by atoms with Crippen LogP contribution >= 0.6 is 39.1 Å². The van der Waals surface area contributed by atoms with Crippen molar-refractivity contribution in [3.8, 4) is 11.5 Å². The van der Waals surface area contributed by atoms with Gasteiger partial charge in [0.15, 0.2) is 11.5 Å². The number of aliphatic hydroxyl groups is 1. The van der Waals surface area contributed by atoms with Gasteiger partial charge in [0.2, 0.25) is 0 Å². The summed E-state index contributed by atoms with van der Waals surface area (Å²) in [5, 5.41) is 13.0. The van der Waals surface area contributed by atoms with Gasteiger partial charge in [-0.1, -0.05) is 45.2 Å². The van der Waals surface area contributed by atoms with Crippen LogP contribution in [0.5, 0.6) is 11.5 Å². The van der Waals surface area contributed by atoms with E-state index in [0.29, 0.717) is 41.2 Å². The fourth-order valence-corrected chi connectivity index (χ4v) is 2.86. The number of halogens is 3. The van der Waals surface area contributed by atoms with Crippen LogP contribution in [0.15, 0.2) is 34.8 Å². The van der Waals surface area contributed by atoms with Gasteiger partial charge in [0.25, 0.3) is 0 Å². The summed E-state index contributed by atoms with van der Waals surface area (Å²) in [7, 11) is 1.60. The van der Waals surface area contributed by atoms with Crippen LogP contribution in [0.1, 0.15) is 11.1 Å². The van der Waals surface area contributed by atoms with E-state index in [1.807, 2.05) is 18.2 Å². The van der Waals surface area contributed by atoms with Crippen LogP contribution in [0, 0.1) is 0 Å². The zero-order valence-electron chi connectivity index (χ0n) is 13.1. The summed E-state index contributed by atoms with van der Waals surface area (Å²) in [4.78, 5) is 0. The number of aliphatic hydroxyl groups excluding tert-OH is 1. The lowest BCUT2D eigenvalue weighted by Crippen LogP contribution is -2.17. The maximum Gasteiger partial charge on any atom is 0.162 e. The molecular weight excluding hydrogens is 417 g/mol. The fraction of sp³-hybridized carbons (Fsp3) is 0.294. The first-order valence-electron chi connectivity index (χ1n) is 7.30. The van der Waals surface area contributed by atoms with Gasteiger partial charge in [-0.2, -0.15) is 0 Å². The summed E-state index contributed by atoms with van der Waals surface area (Å²) in [6.07, 6.45) is 0. The van der Waals surface area contributed by atoms with Crippen molar-refractivity contribution in [1.29, 1.82) is 0 Å². The molecule has 0 radical (unpaired) electrons. The summed E-state index contributed by atoms with van der Waals surface area (Å²) in [5.74, 6) is 1.26. The van der Waals surface area contributed by atoms with E-state index in [4.69, 9.17) is 37.8 Å². The molecule has 2 aromatic carbocycles. The summed E-state index contributed by atoms with van der Waals surface area (Å²) >= 11 is 15.5. The smallest absolute Gasteiger partial charge is 0.162 e. The Bertz CT molecular complexity index is 698. The Labute approximate surface area is 159 Å². The molecule has 0 aliphatic carbocycles. The molecule has 0 spiro atoms. The molecule has 0 atom stereocenters. The molecule has 0 saturated heterocycles. The van der Waals surface area contributed by atoms with Crippen LogP contribution in [-0.2, 0) is 13.2 Å². The zero-order chi connectivity index (χ0) is 17.5. The van der Waals surface area contributed by atoms with Crippen molar-refractivity contribution in [3.05, 3.63) is 56.0 Å². The van der Waals surface area contributed by atoms with E-state index < -0.39 is 0 Å². The highest BCUT2D eigenvalue weighted by atomic mass is 79.9. The molecule has 4 nitrogen and oxygen atoms in total. The Balaban J connectivity index is 2.11. The third kappa shape index (κ3) is 5.26. The third-order valence-corrected chi connectivity index (χ3v) is 4.79. The number of methoxy groups -OCH3 is 1. The molecule has 24 heavy (non-hydrogen) atoms. The Morgan fingerprint density at radius 1 is 1.12 bits per heavy atom. The lowest BCUT2D eigenvalue weighted by molar-refractivity contribution is 0.283. The van der Waals surface area contributed by atoms with Gasteiger partial charge in [0.1, 0.15) is 6.61 Å². The van der Waals surface area contributed by atoms with E-state index in [1.54, 1.807) is 19.2 Å². The van der Waals surface area contributed by atoms with Crippen LogP contribution in [0.4, 0.5) is 0 Å². The average molecular weight is 435 g/mol. The van der Waals surface area contributed by atoms with Gasteiger partial charge in [0.05, 0.1) is 23.8 Å². The van der Waals surface area contributed by atoms with Crippen molar-refractivity contribution < 1.29 is 14.6 Å². The summed E-state index contributed by atoms with van der Waals surface area (Å²) in [6, 6.07) is 9.15. The first kappa shape index (κ1) is 19.3. The first-order chi connectivity index (χ1) is 11.5. The first-order valence-corrected chi connectivity index (χ1v) is 8.84. The van der Waals surface area contributed by atoms with Gasteiger partial charge in [0, 0.05) is 17.6 Å². The van der Waals surface area contributed by atoms with Crippen LogP contribution in [-0.4, -0.2) is 25.4 Å². The topological polar surface area (TPSA) is 50.7 Å². The van der Waals surface area contributed by atoms with Crippen molar-refractivity contribution in [2.75, 3.05) is 20.3 Å². The predicted octanol–water partition coefficient (Wildman–Crippen LogP) is 4.43. The van der Waals surface area contributed by atoms with E-state index in [-0.39, 0.29) is 6.61 Å². The molecule has 0 bridgehead atoms. The normalized spacial score (nSPS) is 10.7. The second kappa shape index (κ2) is 9.49. The molecule has 0 unspecified atom stereocenters. The zero-order valence-corrected chi connectivity index (χ0v) is 16.2. The molecular formula is C17H18BrCl2NO3. The van der Waals surface area contributed by atoms with E-state index in [9.17, 15) is 0 Å². The fourth-order valence-electron chi connectivity index (χ4n) is 2.08. The molecule has 2 rings (SSSR count). The highest BCUT2D eigenvalue weighted by Crippen LogP contribution is 2.34. The van der Waals surface area contributed by atoms with Gasteiger partial charge < -0.3 is 19.9 Å². The largest absolute Gasteiger partial charge is 0.493 e. The minimum atomic E-state index is 0.0968. The Morgan fingerprint density at radius 3 is 2.58 bits per heavy atom. The molecule has 7 heteroatoms. The van der Waals surface area contributed by atoms with Crippen LogP contribution in [0.2, 0.25) is 10.0 Å². The summed E-state index contributed by atoms with van der Waals surface area (Å²) in [6.45, 7) is 1.59. The van der Waals surface area contributed by atoms with E-state index in [1.165, 1.54) is 0 Å². The predicted molar refractivity (Wildman–Crippen MR) is 100 cm³/mol. The number of rotatable bonds is 8. The van der Waals surface area contributed by atoms with Gasteiger partial charge in [-0.25, -0.2) is 0 Å². The minimum absolute atomic E-state index is 0.0968. The Hall–Kier alpha value is -0.980. The Morgan fingerprint density at radius 2 is 1.92 bits per heavy atom. The lowest BCUT2D eigenvalue weighted by atomic mass is 10.2. The van der Waals surface area contributed by atoms with Crippen molar-refractivity contribution in [2.45, 2.75) is 13.2 Å². The van der Waals surface area contributed by atoms with Crippen LogP contribution in [0.3, 0.4) is 0 Å².